The van der Waals surface area contributed by atoms with E-state index in [1.165, 1.54) is 11.1 Å². The average Bonchev–Trinajstić information content (AvgIpc) is 2.37. The molecule has 0 aromatic heterocycles. The summed E-state index contributed by atoms with van der Waals surface area (Å²) in [4.78, 5) is 11.9. The maximum absolute atomic E-state index is 11.9. The molecule has 1 aromatic rings. The fourth-order valence-electron chi connectivity index (χ4n) is 2.27. The molecule has 1 rings (SSSR count). The first-order valence-electron chi connectivity index (χ1n) is 7.09. The number of hydrogen-bond acceptors (Lipinski definition) is 2. The van der Waals surface area contributed by atoms with Crippen molar-refractivity contribution in [2.75, 3.05) is 6.54 Å². The number of carbonyl (C=O) groups is 1. The van der Waals surface area contributed by atoms with Crippen molar-refractivity contribution in [3.05, 3.63) is 35.4 Å². The number of amides is 1. The van der Waals surface area contributed by atoms with Crippen LogP contribution in [0.15, 0.2) is 24.3 Å². The topological polar surface area (TPSA) is 55.1 Å². The van der Waals surface area contributed by atoms with E-state index in [4.69, 9.17) is 5.73 Å². The second-order valence-corrected chi connectivity index (χ2v) is 5.37. The van der Waals surface area contributed by atoms with Crippen LogP contribution in [-0.4, -0.2) is 12.5 Å². The molecule has 0 radical (unpaired) electrons. The van der Waals surface area contributed by atoms with E-state index < -0.39 is 0 Å². The first-order valence-corrected chi connectivity index (χ1v) is 7.09. The first kappa shape index (κ1) is 15.7. The molecule has 3 nitrogen and oxygen atoms in total. The van der Waals surface area contributed by atoms with E-state index in [0.717, 1.165) is 12.8 Å². The lowest BCUT2D eigenvalue weighted by molar-refractivity contribution is -0.122. The molecule has 0 aliphatic rings. The van der Waals surface area contributed by atoms with E-state index in [2.05, 4.69) is 31.3 Å². The Bertz CT molecular complexity index is 403. The van der Waals surface area contributed by atoms with Gasteiger partial charge in [-0.2, -0.15) is 0 Å². The molecule has 1 unspecified atom stereocenters. The lowest BCUT2D eigenvalue weighted by Crippen LogP contribution is -2.27. The molecular formula is C16H26N2O. The predicted molar refractivity (Wildman–Crippen MR) is 79.8 cm³/mol. The Morgan fingerprint density at radius 2 is 1.95 bits per heavy atom. The van der Waals surface area contributed by atoms with Crippen LogP contribution in [-0.2, 0) is 4.79 Å². The molecule has 3 heteroatoms. The monoisotopic (exact) mass is 262 g/mol. The Hall–Kier alpha value is -1.35. The number of carbonyl (C=O) groups excluding carboxylic acids is 1. The minimum absolute atomic E-state index is 0.0681. The number of rotatable bonds is 7. The van der Waals surface area contributed by atoms with Crippen LogP contribution in [0.5, 0.6) is 0 Å². The summed E-state index contributed by atoms with van der Waals surface area (Å²) in [6, 6.07) is 8.23. The summed E-state index contributed by atoms with van der Waals surface area (Å²) in [5.41, 5.74) is 7.91. The molecule has 0 saturated heterocycles. The van der Waals surface area contributed by atoms with Gasteiger partial charge in [0.25, 0.3) is 0 Å². The highest BCUT2D eigenvalue weighted by Crippen LogP contribution is 2.17. The Balaban J connectivity index is 2.42. The van der Waals surface area contributed by atoms with Gasteiger partial charge >= 0.3 is 0 Å². The highest BCUT2D eigenvalue weighted by atomic mass is 16.1. The number of nitrogens with two attached hydrogens (primary N) is 1. The molecule has 106 valence electrons. The summed E-state index contributed by atoms with van der Waals surface area (Å²) >= 11 is 0. The predicted octanol–water partition coefficient (Wildman–Crippen LogP) is 2.94. The van der Waals surface area contributed by atoms with Crippen LogP contribution in [0, 0.1) is 12.8 Å². The second kappa shape index (κ2) is 7.95. The van der Waals surface area contributed by atoms with Gasteiger partial charge in [0.05, 0.1) is 6.04 Å². The minimum atomic E-state index is 0.0681. The van der Waals surface area contributed by atoms with E-state index >= 15 is 0 Å². The van der Waals surface area contributed by atoms with Crippen molar-refractivity contribution >= 4 is 5.91 Å². The van der Waals surface area contributed by atoms with Crippen molar-refractivity contribution in [1.82, 2.24) is 5.32 Å². The van der Waals surface area contributed by atoms with Gasteiger partial charge in [0, 0.05) is 6.42 Å². The number of nitrogens with one attached hydrogen (secondary N) is 1. The zero-order chi connectivity index (χ0) is 14.3. The lowest BCUT2D eigenvalue weighted by Gasteiger charge is -2.17. The van der Waals surface area contributed by atoms with E-state index in [0.29, 0.717) is 18.9 Å². The molecule has 0 aliphatic carbocycles. The van der Waals surface area contributed by atoms with E-state index in [-0.39, 0.29) is 11.9 Å². The normalized spacial score (nSPS) is 13.9. The molecule has 0 aliphatic heterocycles. The summed E-state index contributed by atoms with van der Waals surface area (Å²) in [5, 5.41) is 3.06. The molecule has 0 saturated carbocycles. The third-order valence-electron chi connectivity index (χ3n) is 3.56. The fourth-order valence-corrected chi connectivity index (χ4v) is 2.27. The Morgan fingerprint density at radius 3 is 2.58 bits per heavy atom. The number of aryl methyl sites for hydroxylation is 1. The Labute approximate surface area is 116 Å². The average molecular weight is 262 g/mol. The van der Waals surface area contributed by atoms with Gasteiger partial charge in [-0.15, -0.1) is 0 Å². The van der Waals surface area contributed by atoms with Crippen molar-refractivity contribution in [1.29, 1.82) is 0 Å². The first-order chi connectivity index (χ1) is 9.04. The largest absolute Gasteiger partial charge is 0.350 e. The van der Waals surface area contributed by atoms with Crippen molar-refractivity contribution in [3.8, 4) is 0 Å². The maximum Gasteiger partial charge on any atom is 0.220 e. The van der Waals surface area contributed by atoms with Gasteiger partial charge < -0.3 is 11.1 Å². The van der Waals surface area contributed by atoms with Gasteiger partial charge in [-0.25, -0.2) is 0 Å². The quantitative estimate of drug-likeness (QED) is 0.793. The van der Waals surface area contributed by atoms with Crippen LogP contribution in [0.2, 0.25) is 0 Å². The van der Waals surface area contributed by atoms with E-state index in [1.54, 1.807) is 0 Å². The maximum atomic E-state index is 11.9. The smallest absolute Gasteiger partial charge is 0.220 e. The standard InChI is InChI=1S/C16H26N2O/c1-12(10-11-17)8-9-16(19)18-14(3)15-7-5-4-6-13(15)2/h4-7,12,14H,8-11,17H2,1-3H3,(H,18,19)/t12?,14-/m1/s1. The second-order valence-electron chi connectivity index (χ2n) is 5.37. The van der Waals surface area contributed by atoms with E-state index in [9.17, 15) is 4.79 Å². The van der Waals surface area contributed by atoms with Gasteiger partial charge in [0.2, 0.25) is 5.91 Å². The summed E-state index contributed by atoms with van der Waals surface area (Å²) in [5.74, 6) is 0.643. The fraction of sp³-hybridized carbons (Fsp3) is 0.562. The van der Waals surface area contributed by atoms with Gasteiger partial charge in [-0.05, 0) is 50.3 Å². The van der Waals surface area contributed by atoms with Crippen LogP contribution in [0.4, 0.5) is 0 Å². The molecule has 3 N–H and O–H groups in total. The lowest BCUT2D eigenvalue weighted by atomic mass is 10.0. The molecule has 0 bridgehead atoms. The van der Waals surface area contributed by atoms with Crippen LogP contribution >= 0.6 is 0 Å². The molecule has 0 spiro atoms. The van der Waals surface area contributed by atoms with Gasteiger partial charge in [-0.1, -0.05) is 31.2 Å². The molecule has 1 amide bonds. The van der Waals surface area contributed by atoms with Gasteiger partial charge in [-0.3, -0.25) is 4.79 Å². The van der Waals surface area contributed by atoms with E-state index in [1.807, 2.05) is 19.1 Å². The highest BCUT2D eigenvalue weighted by Gasteiger charge is 2.12. The van der Waals surface area contributed by atoms with Crippen molar-refractivity contribution < 1.29 is 4.79 Å². The highest BCUT2D eigenvalue weighted by molar-refractivity contribution is 5.76. The van der Waals surface area contributed by atoms with Crippen LogP contribution in [0.25, 0.3) is 0 Å². The third-order valence-corrected chi connectivity index (χ3v) is 3.56. The molecular weight excluding hydrogens is 236 g/mol. The zero-order valence-corrected chi connectivity index (χ0v) is 12.3. The Kier molecular flexibility index (Phi) is 6.57. The molecule has 1 aromatic carbocycles. The third kappa shape index (κ3) is 5.43. The van der Waals surface area contributed by atoms with Gasteiger partial charge in [0.1, 0.15) is 0 Å². The summed E-state index contributed by atoms with van der Waals surface area (Å²) in [7, 11) is 0. The van der Waals surface area contributed by atoms with Crippen LogP contribution in [0.1, 0.15) is 50.3 Å². The number of hydrogen-bond donors (Lipinski definition) is 2. The molecule has 0 heterocycles. The van der Waals surface area contributed by atoms with Crippen LogP contribution in [0.3, 0.4) is 0 Å². The zero-order valence-electron chi connectivity index (χ0n) is 12.3. The summed E-state index contributed by atoms with van der Waals surface area (Å²) in [6.45, 7) is 6.94. The van der Waals surface area contributed by atoms with Crippen molar-refractivity contribution in [2.24, 2.45) is 11.7 Å². The minimum Gasteiger partial charge on any atom is -0.350 e. The Morgan fingerprint density at radius 1 is 1.26 bits per heavy atom. The van der Waals surface area contributed by atoms with Gasteiger partial charge in [0.15, 0.2) is 0 Å². The summed E-state index contributed by atoms with van der Waals surface area (Å²) < 4.78 is 0. The number of benzene rings is 1. The molecule has 0 fully saturated rings. The molecule has 2 atom stereocenters. The van der Waals surface area contributed by atoms with Crippen molar-refractivity contribution in [2.45, 2.75) is 46.1 Å². The summed E-state index contributed by atoms with van der Waals surface area (Å²) in [6.07, 6.45) is 2.47. The van der Waals surface area contributed by atoms with Crippen LogP contribution < -0.4 is 11.1 Å². The molecule has 19 heavy (non-hydrogen) atoms. The van der Waals surface area contributed by atoms with Crippen molar-refractivity contribution in [3.63, 3.8) is 0 Å². The SMILES string of the molecule is Cc1ccccc1[C@@H](C)NC(=O)CCC(C)CCN.